The lowest BCUT2D eigenvalue weighted by atomic mass is 9.92. The first-order valence-corrected chi connectivity index (χ1v) is 15.3. The molecule has 1 aliphatic rings. The zero-order valence-corrected chi connectivity index (χ0v) is 24.6. The summed E-state index contributed by atoms with van der Waals surface area (Å²) in [6, 6.07) is 37.1. The summed E-state index contributed by atoms with van der Waals surface area (Å²) in [6.07, 6.45) is 7.36. The van der Waals surface area contributed by atoms with Crippen LogP contribution in [0, 0.1) is 5.92 Å². The van der Waals surface area contributed by atoms with Crippen LogP contribution >= 0.6 is 0 Å². The number of allylic oxidation sites excluding steroid dienone is 4. The minimum absolute atomic E-state index is 0.297. The number of para-hydroxylation sites is 2. The van der Waals surface area contributed by atoms with E-state index in [1.54, 1.807) is 0 Å². The summed E-state index contributed by atoms with van der Waals surface area (Å²) in [5, 5.41) is 4.22. The molecule has 0 bridgehead atoms. The first-order valence-electron chi connectivity index (χ1n) is 15.3. The number of furan rings is 2. The van der Waals surface area contributed by atoms with Crippen molar-refractivity contribution in [2.24, 2.45) is 5.92 Å². The van der Waals surface area contributed by atoms with E-state index in [4.69, 9.17) is 23.8 Å². The van der Waals surface area contributed by atoms with E-state index in [1.807, 2.05) is 66.7 Å². The third-order valence-corrected chi connectivity index (χ3v) is 8.79. The Morgan fingerprint density at radius 3 is 2.07 bits per heavy atom. The van der Waals surface area contributed by atoms with Crippen LogP contribution in [0.1, 0.15) is 19.2 Å². The van der Waals surface area contributed by atoms with Crippen LogP contribution < -0.4 is 0 Å². The van der Waals surface area contributed by atoms with Gasteiger partial charge in [0.15, 0.2) is 17.5 Å². The molecule has 1 unspecified atom stereocenters. The van der Waals surface area contributed by atoms with Gasteiger partial charge in [-0.05, 0) is 59.9 Å². The third kappa shape index (κ3) is 4.27. The van der Waals surface area contributed by atoms with E-state index < -0.39 is 0 Å². The van der Waals surface area contributed by atoms with Crippen LogP contribution in [0.2, 0.25) is 0 Å². The highest BCUT2D eigenvalue weighted by Gasteiger charge is 2.22. The molecule has 3 heterocycles. The Morgan fingerprint density at radius 1 is 0.556 bits per heavy atom. The van der Waals surface area contributed by atoms with Crippen LogP contribution in [0.3, 0.4) is 0 Å². The predicted molar refractivity (Wildman–Crippen MR) is 182 cm³/mol. The Bertz CT molecular complexity index is 2480. The molecule has 8 aromatic rings. The first kappa shape index (κ1) is 25.7. The maximum atomic E-state index is 6.48. The average molecular weight is 582 g/mol. The van der Waals surface area contributed by atoms with Gasteiger partial charge in [0.1, 0.15) is 22.3 Å². The smallest absolute Gasteiger partial charge is 0.164 e. The molecule has 1 atom stereocenters. The summed E-state index contributed by atoms with van der Waals surface area (Å²) in [6.45, 7) is 2.22. The maximum absolute atomic E-state index is 6.48. The Hall–Kier alpha value is -5.81. The van der Waals surface area contributed by atoms with Crippen molar-refractivity contribution in [3.8, 4) is 33.9 Å². The van der Waals surface area contributed by atoms with E-state index in [1.165, 1.54) is 0 Å². The molecule has 3 aromatic heterocycles. The highest BCUT2D eigenvalue weighted by Crippen LogP contribution is 2.41. The van der Waals surface area contributed by atoms with Crippen molar-refractivity contribution in [2.45, 2.75) is 13.3 Å². The van der Waals surface area contributed by atoms with Gasteiger partial charge in [0, 0.05) is 38.2 Å². The summed E-state index contributed by atoms with van der Waals surface area (Å²) in [4.78, 5) is 15.3. The monoisotopic (exact) mass is 581 g/mol. The Balaban J connectivity index is 1.32. The summed E-state index contributed by atoms with van der Waals surface area (Å²) in [5.74, 6) is 2.26. The van der Waals surface area contributed by atoms with Crippen LogP contribution in [-0.4, -0.2) is 15.0 Å². The summed E-state index contributed by atoms with van der Waals surface area (Å²) in [7, 11) is 0. The fraction of sp³-hybridized carbons (Fsp3) is 0.0750. The summed E-state index contributed by atoms with van der Waals surface area (Å²) in [5.41, 5.74) is 8.31. The van der Waals surface area contributed by atoms with Crippen molar-refractivity contribution in [2.75, 3.05) is 0 Å². The second kappa shape index (κ2) is 10.1. The van der Waals surface area contributed by atoms with Crippen molar-refractivity contribution in [3.63, 3.8) is 0 Å². The van der Waals surface area contributed by atoms with Crippen molar-refractivity contribution in [3.05, 3.63) is 133 Å². The number of hydrogen-bond acceptors (Lipinski definition) is 5. The summed E-state index contributed by atoms with van der Waals surface area (Å²) >= 11 is 0. The molecule has 9 rings (SSSR count). The van der Waals surface area contributed by atoms with E-state index in [-0.39, 0.29) is 0 Å². The van der Waals surface area contributed by atoms with Gasteiger partial charge in [-0.25, -0.2) is 15.0 Å². The molecular formula is C40H27N3O2. The Morgan fingerprint density at radius 2 is 1.22 bits per heavy atom. The van der Waals surface area contributed by atoms with E-state index in [0.717, 1.165) is 78.1 Å². The zero-order chi connectivity index (χ0) is 29.9. The molecule has 0 saturated heterocycles. The van der Waals surface area contributed by atoms with Crippen molar-refractivity contribution in [1.82, 2.24) is 15.0 Å². The quantitative estimate of drug-likeness (QED) is 0.207. The van der Waals surface area contributed by atoms with Crippen LogP contribution in [-0.2, 0) is 0 Å². The minimum Gasteiger partial charge on any atom is -0.456 e. The van der Waals surface area contributed by atoms with Crippen LogP contribution in [0.25, 0.3) is 83.4 Å². The van der Waals surface area contributed by atoms with Crippen LogP contribution in [0.15, 0.2) is 136 Å². The number of hydrogen-bond donors (Lipinski definition) is 0. The van der Waals surface area contributed by atoms with E-state index in [0.29, 0.717) is 23.4 Å². The molecule has 1 aliphatic carbocycles. The standard InChI is InChI=1S/C40H27N3O2/c1-24-11-5-6-14-28(24)39-41-38(25-12-3-2-4-13-25)42-40(43-39)32-21-27(23-36-37(32)31-16-8-10-18-34(31)45-36)26-19-20-30-29-15-7-9-17-33(29)44-35(30)22-26/h2-10,12-24H,11H2,1H3. The van der Waals surface area contributed by atoms with Crippen LogP contribution in [0.4, 0.5) is 0 Å². The third-order valence-electron chi connectivity index (χ3n) is 8.79. The van der Waals surface area contributed by atoms with Crippen molar-refractivity contribution < 1.29 is 8.83 Å². The SMILES string of the molecule is CC1CC=CC=C1c1nc(-c2ccccc2)nc(-c2cc(-c3ccc4c(c3)oc3ccccc34)cc3oc4ccccc4c23)n1. The topological polar surface area (TPSA) is 65.0 Å². The van der Waals surface area contributed by atoms with Gasteiger partial charge >= 0.3 is 0 Å². The van der Waals surface area contributed by atoms with Crippen molar-refractivity contribution in [1.29, 1.82) is 0 Å². The van der Waals surface area contributed by atoms with E-state index in [9.17, 15) is 0 Å². The van der Waals surface area contributed by atoms with Gasteiger partial charge in [-0.15, -0.1) is 0 Å². The molecule has 0 spiro atoms. The fourth-order valence-electron chi connectivity index (χ4n) is 6.49. The molecule has 5 heteroatoms. The maximum Gasteiger partial charge on any atom is 0.164 e. The molecule has 5 aromatic carbocycles. The highest BCUT2D eigenvalue weighted by molar-refractivity contribution is 6.13. The lowest BCUT2D eigenvalue weighted by Gasteiger charge is -2.17. The molecule has 0 aliphatic heterocycles. The second-order valence-corrected chi connectivity index (χ2v) is 11.7. The number of nitrogens with zero attached hydrogens (tertiary/aromatic N) is 3. The lowest BCUT2D eigenvalue weighted by Crippen LogP contribution is -2.08. The molecule has 0 saturated carbocycles. The van der Waals surface area contributed by atoms with Gasteiger partial charge in [-0.2, -0.15) is 0 Å². The number of benzene rings is 5. The van der Waals surface area contributed by atoms with Gasteiger partial charge < -0.3 is 8.83 Å². The average Bonchev–Trinajstić information content (AvgIpc) is 3.66. The number of rotatable bonds is 4. The molecular weight excluding hydrogens is 554 g/mol. The molecule has 0 amide bonds. The molecule has 0 N–H and O–H groups in total. The zero-order valence-electron chi connectivity index (χ0n) is 24.6. The normalized spacial score (nSPS) is 15.0. The molecule has 0 radical (unpaired) electrons. The molecule has 0 fully saturated rings. The second-order valence-electron chi connectivity index (χ2n) is 11.7. The van der Waals surface area contributed by atoms with Gasteiger partial charge in [0.2, 0.25) is 0 Å². The molecule has 45 heavy (non-hydrogen) atoms. The van der Waals surface area contributed by atoms with Gasteiger partial charge in [0.25, 0.3) is 0 Å². The number of aromatic nitrogens is 3. The Labute approximate surface area is 259 Å². The fourth-order valence-corrected chi connectivity index (χ4v) is 6.49. The van der Waals surface area contributed by atoms with Gasteiger partial charge in [0.05, 0.1) is 0 Å². The summed E-state index contributed by atoms with van der Waals surface area (Å²) < 4.78 is 12.7. The van der Waals surface area contributed by atoms with Gasteiger partial charge in [-0.3, -0.25) is 0 Å². The number of fused-ring (bicyclic) bond motifs is 6. The highest BCUT2D eigenvalue weighted by atomic mass is 16.3. The van der Waals surface area contributed by atoms with Gasteiger partial charge in [-0.1, -0.05) is 97.9 Å². The van der Waals surface area contributed by atoms with Crippen LogP contribution in [0.5, 0.6) is 0 Å². The van der Waals surface area contributed by atoms with Crippen molar-refractivity contribution >= 4 is 49.5 Å². The lowest BCUT2D eigenvalue weighted by molar-refractivity contribution is 0.668. The largest absolute Gasteiger partial charge is 0.456 e. The molecule has 5 nitrogen and oxygen atoms in total. The minimum atomic E-state index is 0.297. The molecule has 214 valence electrons. The first-order chi connectivity index (χ1) is 22.2. The predicted octanol–water partition coefficient (Wildman–Crippen LogP) is 10.7. The van der Waals surface area contributed by atoms with E-state index >= 15 is 0 Å². The van der Waals surface area contributed by atoms with E-state index in [2.05, 4.69) is 67.6 Å². The Kier molecular flexibility index (Phi) is 5.78.